The normalized spacial score (nSPS) is 26.9. The minimum absolute atomic E-state index is 0.0506. The van der Waals surface area contributed by atoms with Crippen LogP contribution in [0.2, 0.25) is 10.0 Å². The molecule has 0 spiro atoms. The Morgan fingerprint density at radius 3 is 2.74 bits per heavy atom. The molecule has 3 aliphatic rings. The highest BCUT2D eigenvalue weighted by atomic mass is 35.5. The average molecular weight is 502 g/mol. The molecule has 2 aromatic rings. The second-order valence-corrected chi connectivity index (χ2v) is 10.3. The molecule has 2 saturated heterocycles. The van der Waals surface area contributed by atoms with E-state index in [0.29, 0.717) is 46.2 Å². The van der Waals surface area contributed by atoms with Crippen LogP contribution in [0.5, 0.6) is 0 Å². The van der Waals surface area contributed by atoms with Crippen molar-refractivity contribution in [2.75, 3.05) is 13.1 Å². The smallest absolute Gasteiger partial charge is 0.271 e. The molecule has 3 unspecified atom stereocenters. The molecule has 3 heterocycles. The van der Waals surface area contributed by atoms with Crippen molar-refractivity contribution in [1.29, 1.82) is 5.26 Å². The lowest BCUT2D eigenvalue weighted by atomic mass is 9.92. The quantitative estimate of drug-likeness (QED) is 0.582. The van der Waals surface area contributed by atoms with Crippen molar-refractivity contribution in [2.45, 2.75) is 44.2 Å². The number of amides is 3. The van der Waals surface area contributed by atoms with Gasteiger partial charge in [-0.15, -0.1) is 0 Å². The molecule has 178 valence electrons. The van der Waals surface area contributed by atoms with Crippen LogP contribution in [0.25, 0.3) is 10.9 Å². The first-order valence-corrected chi connectivity index (χ1v) is 12.4. The van der Waals surface area contributed by atoms with Gasteiger partial charge in [-0.2, -0.15) is 5.26 Å². The largest absolute Gasteiger partial charge is 0.356 e. The fourth-order valence-electron chi connectivity index (χ4n) is 5.83. The van der Waals surface area contributed by atoms with Gasteiger partial charge in [0.2, 0.25) is 11.8 Å². The molecule has 0 radical (unpaired) electrons. The molecular formula is C24H25Cl2N5O3. The van der Waals surface area contributed by atoms with Crippen molar-refractivity contribution in [2.24, 2.45) is 17.8 Å². The van der Waals surface area contributed by atoms with Crippen LogP contribution >= 0.6 is 23.2 Å². The first-order valence-electron chi connectivity index (χ1n) is 11.6. The topological polar surface area (TPSA) is 118 Å². The number of nitrogens with zero attached hydrogens (tertiary/aromatic N) is 2. The van der Waals surface area contributed by atoms with Crippen LogP contribution < -0.4 is 10.6 Å². The maximum absolute atomic E-state index is 13.6. The van der Waals surface area contributed by atoms with Crippen LogP contribution in [0.4, 0.5) is 0 Å². The standard InChI is InChI=1S/C24H25Cl2N5O3/c25-17-4-5-18(26)20-16(17)9-19(30-20)24(34)31-11-13-2-1-3-15(13)21(31)23(33)29-14(10-27)8-12-6-7-28-22(12)32/h4-5,9,12-15,21,30H,1-3,6-8,11H2,(H,28,32)(H,29,33)/t12-,13?,14-,15?,21?/m0/s1. The van der Waals surface area contributed by atoms with E-state index in [9.17, 15) is 19.6 Å². The Labute approximate surface area is 206 Å². The number of likely N-dealkylation sites (tertiary alicyclic amines) is 1. The lowest BCUT2D eigenvalue weighted by molar-refractivity contribution is -0.127. The second-order valence-electron chi connectivity index (χ2n) is 9.46. The summed E-state index contributed by atoms with van der Waals surface area (Å²) in [5, 5.41) is 16.8. The maximum atomic E-state index is 13.6. The van der Waals surface area contributed by atoms with Gasteiger partial charge < -0.3 is 20.5 Å². The van der Waals surface area contributed by atoms with E-state index in [1.165, 1.54) is 0 Å². The molecule has 3 N–H and O–H groups in total. The molecule has 5 atom stereocenters. The lowest BCUT2D eigenvalue weighted by Gasteiger charge is -2.28. The van der Waals surface area contributed by atoms with Crippen LogP contribution in [0, 0.1) is 29.1 Å². The van der Waals surface area contributed by atoms with E-state index in [-0.39, 0.29) is 41.9 Å². The minimum Gasteiger partial charge on any atom is -0.356 e. The molecule has 3 amide bonds. The van der Waals surface area contributed by atoms with Gasteiger partial charge in [0.25, 0.3) is 5.91 Å². The van der Waals surface area contributed by atoms with E-state index in [1.54, 1.807) is 23.1 Å². The van der Waals surface area contributed by atoms with Gasteiger partial charge in [-0.3, -0.25) is 14.4 Å². The Morgan fingerprint density at radius 1 is 1.24 bits per heavy atom. The summed E-state index contributed by atoms with van der Waals surface area (Å²) < 4.78 is 0. The number of carbonyl (C=O) groups excluding carboxylic acids is 3. The Morgan fingerprint density at radius 2 is 2.03 bits per heavy atom. The van der Waals surface area contributed by atoms with E-state index >= 15 is 0 Å². The number of fused-ring (bicyclic) bond motifs is 2. The van der Waals surface area contributed by atoms with Crippen molar-refractivity contribution in [3.8, 4) is 6.07 Å². The molecule has 5 rings (SSSR count). The molecule has 10 heteroatoms. The molecule has 1 aromatic heterocycles. The lowest BCUT2D eigenvalue weighted by Crippen LogP contribution is -2.51. The van der Waals surface area contributed by atoms with Crippen molar-refractivity contribution in [3.05, 3.63) is 33.9 Å². The van der Waals surface area contributed by atoms with Gasteiger partial charge in [0.15, 0.2) is 0 Å². The van der Waals surface area contributed by atoms with E-state index in [1.807, 2.05) is 0 Å². The third kappa shape index (κ3) is 4.01. The molecule has 1 aromatic carbocycles. The van der Waals surface area contributed by atoms with Crippen molar-refractivity contribution in [3.63, 3.8) is 0 Å². The molecule has 8 nitrogen and oxygen atoms in total. The first-order chi connectivity index (χ1) is 16.4. The summed E-state index contributed by atoms with van der Waals surface area (Å²) in [6, 6.07) is 5.69. The van der Waals surface area contributed by atoms with Crippen LogP contribution in [0.1, 0.15) is 42.6 Å². The number of hydrogen-bond donors (Lipinski definition) is 3. The van der Waals surface area contributed by atoms with Crippen molar-refractivity contribution in [1.82, 2.24) is 20.5 Å². The third-order valence-electron chi connectivity index (χ3n) is 7.50. The summed E-state index contributed by atoms with van der Waals surface area (Å²) in [5.74, 6) is -0.695. The monoisotopic (exact) mass is 501 g/mol. The van der Waals surface area contributed by atoms with E-state index < -0.39 is 12.1 Å². The zero-order valence-electron chi connectivity index (χ0n) is 18.4. The van der Waals surface area contributed by atoms with Crippen LogP contribution in [0.3, 0.4) is 0 Å². The number of halogens is 2. The Kier molecular flexibility index (Phi) is 6.17. The minimum atomic E-state index is -0.788. The van der Waals surface area contributed by atoms with E-state index in [0.717, 1.165) is 19.3 Å². The van der Waals surface area contributed by atoms with Crippen LogP contribution in [0.15, 0.2) is 18.2 Å². The summed E-state index contributed by atoms with van der Waals surface area (Å²) in [6.07, 6.45) is 3.76. The fraction of sp³-hybridized carbons (Fsp3) is 0.500. The Bertz CT molecular complexity index is 1170. The van der Waals surface area contributed by atoms with E-state index in [2.05, 4.69) is 21.7 Å². The third-order valence-corrected chi connectivity index (χ3v) is 8.14. The van der Waals surface area contributed by atoms with Crippen molar-refractivity contribution >= 4 is 51.8 Å². The molecule has 3 fully saturated rings. The summed E-state index contributed by atoms with van der Waals surface area (Å²) in [5.41, 5.74) is 0.902. The molecule has 1 saturated carbocycles. The molecule has 2 aliphatic heterocycles. The number of aromatic amines is 1. The Hall–Kier alpha value is -2.76. The SMILES string of the molecule is N#C[C@H](C[C@@H]1CCNC1=O)NC(=O)C1C2CCCC2CN1C(=O)c1cc2c(Cl)ccc(Cl)c2[nH]1. The number of rotatable bonds is 5. The molecular weight excluding hydrogens is 477 g/mol. The molecule has 0 bridgehead atoms. The predicted octanol–water partition coefficient (Wildman–Crippen LogP) is 3.25. The van der Waals surface area contributed by atoms with Crippen LogP contribution in [-0.4, -0.2) is 52.8 Å². The summed E-state index contributed by atoms with van der Waals surface area (Å²) >= 11 is 12.6. The van der Waals surface area contributed by atoms with Gasteiger partial charge in [-0.1, -0.05) is 29.6 Å². The highest BCUT2D eigenvalue weighted by Crippen LogP contribution is 2.43. The maximum Gasteiger partial charge on any atom is 0.271 e. The first kappa shape index (κ1) is 23.0. The number of H-pyrrole nitrogens is 1. The van der Waals surface area contributed by atoms with Gasteiger partial charge in [0.1, 0.15) is 17.8 Å². The van der Waals surface area contributed by atoms with E-state index in [4.69, 9.17) is 23.2 Å². The number of benzene rings is 1. The van der Waals surface area contributed by atoms with Gasteiger partial charge in [-0.05, 0) is 55.7 Å². The highest BCUT2D eigenvalue weighted by molar-refractivity contribution is 6.40. The van der Waals surface area contributed by atoms with Crippen LogP contribution in [-0.2, 0) is 9.59 Å². The Balaban J connectivity index is 1.38. The van der Waals surface area contributed by atoms with Gasteiger partial charge in [0.05, 0.1) is 21.6 Å². The zero-order valence-corrected chi connectivity index (χ0v) is 20.0. The van der Waals surface area contributed by atoms with Gasteiger partial charge in [-0.25, -0.2) is 0 Å². The summed E-state index contributed by atoms with van der Waals surface area (Å²) in [6.45, 7) is 1.07. The summed E-state index contributed by atoms with van der Waals surface area (Å²) in [4.78, 5) is 43.6. The highest BCUT2D eigenvalue weighted by Gasteiger charge is 2.50. The fourth-order valence-corrected chi connectivity index (χ4v) is 6.25. The molecule has 1 aliphatic carbocycles. The van der Waals surface area contributed by atoms with Crippen molar-refractivity contribution < 1.29 is 14.4 Å². The van der Waals surface area contributed by atoms with Gasteiger partial charge in [0, 0.05) is 24.4 Å². The number of carbonyl (C=O) groups is 3. The number of aromatic nitrogens is 1. The van der Waals surface area contributed by atoms with Gasteiger partial charge >= 0.3 is 0 Å². The number of nitriles is 1. The number of nitrogens with one attached hydrogen (secondary N) is 3. The predicted molar refractivity (Wildman–Crippen MR) is 127 cm³/mol. The zero-order chi connectivity index (χ0) is 24.0. The number of hydrogen-bond acceptors (Lipinski definition) is 4. The molecule has 34 heavy (non-hydrogen) atoms. The second kappa shape index (κ2) is 9.12. The summed E-state index contributed by atoms with van der Waals surface area (Å²) in [7, 11) is 0. The average Bonchev–Trinajstić information content (AvgIpc) is 3.59.